The van der Waals surface area contributed by atoms with Gasteiger partial charge in [-0.05, 0) is 47.3 Å². The maximum atomic E-state index is 14.2. The maximum Gasteiger partial charge on any atom is 0.341 e. The molecule has 0 amide bonds. The van der Waals surface area contributed by atoms with E-state index in [2.05, 4.69) is 33.9 Å². The van der Waals surface area contributed by atoms with E-state index in [1.807, 2.05) is 6.08 Å². The van der Waals surface area contributed by atoms with Crippen molar-refractivity contribution in [2.24, 2.45) is 0 Å². The second kappa shape index (κ2) is 6.68. The summed E-state index contributed by atoms with van der Waals surface area (Å²) in [5.74, 6) is -1.22. The molecule has 0 bridgehead atoms. The Kier molecular flexibility index (Phi) is 5.20. The maximum absolute atomic E-state index is 14.2. The molecule has 1 aromatic rings. The number of carboxylic acid groups (broad SMARTS) is 1. The molecule has 0 saturated heterocycles. The van der Waals surface area contributed by atoms with Crippen LogP contribution in [0.5, 0.6) is 5.75 Å². The summed E-state index contributed by atoms with van der Waals surface area (Å²) in [6, 6.07) is 2.92. The van der Waals surface area contributed by atoms with Gasteiger partial charge in [0.05, 0.1) is 6.61 Å². The second-order valence-corrected chi connectivity index (χ2v) is 12.5. The SMILES string of the molecule is CC(C)(C)[Si](C)(C)OCC1=Cc2cc(OCC(=O)O)cc(F)c2C1. The molecule has 6 heteroatoms. The van der Waals surface area contributed by atoms with Crippen LogP contribution in [0, 0.1) is 5.82 Å². The fraction of sp³-hybridized carbons (Fsp3) is 0.500. The number of hydrogen-bond donors (Lipinski definition) is 1. The summed E-state index contributed by atoms with van der Waals surface area (Å²) in [6.07, 6.45) is 2.44. The van der Waals surface area contributed by atoms with Crippen LogP contribution in [0.1, 0.15) is 31.9 Å². The molecule has 0 heterocycles. The van der Waals surface area contributed by atoms with Crippen molar-refractivity contribution in [2.45, 2.75) is 45.3 Å². The van der Waals surface area contributed by atoms with E-state index in [1.165, 1.54) is 6.07 Å². The molecular formula is C18H25FO4Si. The number of carboxylic acids is 1. The molecule has 0 saturated carbocycles. The first-order valence-corrected chi connectivity index (χ1v) is 10.9. The number of benzene rings is 1. The summed E-state index contributed by atoms with van der Waals surface area (Å²) in [5, 5.41) is 8.78. The van der Waals surface area contributed by atoms with E-state index in [9.17, 15) is 9.18 Å². The van der Waals surface area contributed by atoms with Crippen molar-refractivity contribution in [3.05, 3.63) is 34.6 Å². The molecule has 1 aliphatic carbocycles. The number of aliphatic carboxylic acids is 1. The molecule has 0 aliphatic heterocycles. The highest BCUT2D eigenvalue weighted by molar-refractivity contribution is 6.74. The molecule has 0 radical (unpaired) electrons. The largest absolute Gasteiger partial charge is 0.482 e. The Labute approximate surface area is 143 Å². The summed E-state index contributed by atoms with van der Waals surface area (Å²) in [5.41, 5.74) is 2.39. The molecule has 0 atom stereocenters. The van der Waals surface area contributed by atoms with E-state index in [4.69, 9.17) is 14.3 Å². The monoisotopic (exact) mass is 352 g/mol. The zero-order valence-electron chi connectivity index (χ0n) is 14.9. The van der Waals surface area contributed by atoms with Crippen LogP contribution in [0.15, 0.2) is 17.7 Å². The summed E-state index contributed by atoms with van der Waals surface area (Å²) < 4.78 is 25.5. The van der Waals surface area contributed by atoms with Gasteiger partial charge in [0.25, 0.3) is 0 Å². The van der Waals surface area contributed by atoms with Gasteiger partial charge in [-0.1, -0.05) is 26.8 Å². The highest BCUT2D eigenvalue weighted by Gasteiger charge is 2.37. The van der Waals surface area contributed by atoms with Gasteiger partial charge in [0, 0.05) is 6.07 Å². The number of fused-ring (bicyclic) bond motifs is 1. The minimum Gasteiger partial charge on any atom is -0.482 e. The van der Waals surface area contributed by atoms with Crippen LogP contribution in [-0.2, 0) is 15.6 Å². The lowest BCUT2D eigenvalue weighted by molar-refractivity contribution is -0.139. The van der Waals surface area contributed by atoms with Crippen LogP contribution in [0.3, 0.4) is 0 Å². The average Bonchev–Trinajstić information content (AvgIpc) is 2.85. The Bertz CT molecular complexity index is 674. The molecule has 4 nitrogen and oxygen atoms in total. The first-order valence-electron chi connectivity index (χ1n) is 8.00. The predicted molar refractivity (Wildman–Crippen MR) is 94.4 cm³/mol. The van der Waals surface area contributed by atoms with Gasteiger partial charge in [0.2, 0.25) is 0 Å². The van der Waals surface area contributed by atoms with Gasteiger partial charge in [0.15, 0.2) is 14.9 Å². The molecule has 0 unspecified atom stereocenters. The van der Waals surface area contributed by atoms with Gasteiger partial charge >= 0.3 is 5.97 Å². The predicted octanol–water partition coefficient (Wildman–Crippen LogP) is 4.25. The molecule has 132 valence electrons. The minimum atomic E-state index is -1.85. The highest BCUT2D eigenvalue weighted by atomic mass is 28.4. The molecule has 0 aromatic heterocycles. The molecule has 1 aromatic carbocycles. The number of hydrogen-bond acceptors (Lipinski definition) is 3. The van der Waals surface area contributed by atoms with Crippen LogP contribution < -0.4 is 4.74 Å². The smallest absolute Gasteiger partial charge is 0.341 e. The van der Waals surface area contributed by atoms with Gasteiger partial charge in [-0.25, -0.2) is 9.18 Å². The first kappa shape index (κ1) is 18.7. The van der Waals surface area contributed by atoms with Crippen molar-refractivity contribution in [3.63, 3.8) is 0 Å². The Balaban J connectivity index is 2.09. The van der Waals surface area contributed by atoms with E-state index in [0.717, 1.165) is 11.1 Å². The van der Waals surface area contributed by atoms with Crippen molar-refractivity contribution >= 4 is 20.4 Å². The van der Waals surface area contributed by atoms with Gasteiger partial charge in [-0.15, -0.1) is 0 Å². The van der Waals surface area contributed by atoms with Gasteiger partial charge in [0.1, 0.15) is 11.6 Å². The summed E-state index contributed by atoms with van der Waals surface area (Å²) in [4.78, 5) is 10.6. The lowest BCUT2D eigenvalue weighted by atomic mass is 10.1. The van der Waals surface area contributed by atoms with Crippen molar-refractivity contribution in [3.8, 4) is 5.75 Å². The second-order valence-electron chi connectivity index (χ2n) is 7.68. The molecule has 0 spiro atoms. The lowest BCUT2D eigenvalue weighted by Gasteiger charge is -2.36. The molecule has 1 aliphatic rings. The Hall–Kier alpha value is -1.66. The highest BCUT2D eigenvalue weighted by Crippen LogP contribution is 2.38. The average molecular weight is 352 g/mol. The molecule has 0 fully saturated rings. The topological polar surface area (TPSA) is 55.8 Å². The number of rotatable bonds is 6. The minimum absolute atomic E-state index is 0.127. The fourth-order valence-corrected chi connectivity index (χ4v) is 3.24. The van der Waals surface area contributed by atoms with Crippen LogP contribution >= 0.6 is 0 Å². The zero-order chi connectivity index (χ0) is 18.1. The third-order valence-electron chi connectivity index (χ3n) is 4.75. The van der Waals surface area contributed by atoms with Crippen molar-refractivity contribution in [1.82, 2.24) is 0 Å². The Morgan fingerprint density at radius 1 is 1.33 bits per heavy atom. The van der Waals surface area contributed by atoms with Crippen molar-refractivity contribution in [2.75, 3.05) is 13.2 Å². The fourth-order valence-electron chi connectivity index (χ4n) is 2.26. The number of halogens is 1. The van der Waals surface area contributed by atoms with Crippen LogP contribution in [0.2, 0.25) is 18.1 Å². The molecule has 1 N–H and O–H groups in total. The quantitative estimate of drug-likeness (QED) is 0.778. The van der Waals surface area contributed by atoms with Gasteiger partial charge < -0.3 is 14.3 Å². The summed E-state index contributed by atoms with van der Waals surface area (Å²) in [6.45, 7) is 10.9. The van der Waals surface area contributed by atoms with Crippen molar-refractivity contribution in [1.29, 1.82) is 0 Å². The van der Waals surface area contributed by atoms with E-state index in [-0.39, 0.29) is 16.6 Å². The van der Waals surface area contributed by atoms with Gasteiger partial charge in [-0.2, -0.15) is 0 Å². The third kappa shape index (κ3) is 4.24. The summed E-state index contributed by atoms with van der Waals surface area (Å²) in [7, 11) is -1.85. The van der Waals surface area contributed by atoms with E-state index in [0.29, 0.717) is 18.6 Å². The Morgan fingerprint density at radius 3 is 2.58 bits per heavy atom. The lowest BCUT2D eigenvalue weighted by Crippen LogP contribution is -2.41. The van der Waals surface area contributed by atoms with Crippen LogP contribution in [0.25, 0.3) is 6.08 Å². The number of ether oxygens (including phenoxy) is 1. The van der Waals surface area contributed by atoms with Gasteiger partial charge in [-0.3, -0.25) is 0 Å². The van der Waals surface area contributed by atoms with Crippen molar-refractivity contribution < 1.29 is 23.5 Å². The third-order valence-corrected chi connectivity index (χ3v) is 9.23. The standard InChI is InChI=1S/C18H25FO4Si/c1-18(2,3)24(4,5)23-10-12-6-13-8-14(22-11-17(20)21)9-16(19)15(13)7-12/h6,8-9H,7,10-11H2,1-5H3,(H,20,21). The van der Waals surface area contributed by atoms with E-state index in [1.54, 1.807) is 6.07 Å². The van der Waals surface area contributed by atoms with Crippen LogP contribution in [0.4, 0.5) is 4.39 Å². The molecular weight excluding hydrogens is 327 g/mol. The summed E-state index contributed by atoms with van der Waals surface area (Å²) >= 11 is 0. The normalized spacial score (nSPS) is 14.3. The number of carbonyl (C=O) groups is 1. The van der Waals surface area contributed by atoms with E-state index < -0.39 is 20.9 Å². The molecule has 2 rings (SSSR count). The first-order chi connectivity index (χ1) is 11.0. The Morgan fingerprint density at radius 2 is 2.00 bits per heavy atom. The zero-order valence-corrected chi connectivity index (χ0v) is 15.9. The van der Waals surface area contributed by atoms with E-state index >= 15 is 0 Å². The van der Waals surface area contributed by atoms with Crippen LogP contribution in [-0.4, -0.2) is 32.6 Å². The molecule has 24 heavy (non-hydrogen) atoms.